The molecule has 1 aliphatic rings. The molecule has 1 aromatic heterocycles. The van der Waals surface area contributed by atoms with E-state index in [0.717, 1.165) is 25.1 Å². The van der Waals surface area contributed by atoms with Gasteiger partial charge < -0.3 is 20.3 Å². The highest BCUT2D eigenvalue weighted by molar-refractivity contribution is 14.0. The van der Waals surface area contributed by atoms with Crippen molar-refractivity contribution in [1.29, 1.82) is 0 Å². The number of rotatable bonds is 5. The van der Waals surface area contributed by atoms with E-state index in [2.05, 4.69) is 20.6 Å². The van der Waals surface area contributed by atoms with Crippen molar-refractivity contribution in [2.75, 3.05) is 27.2 Å². The maximum absolute atomic E-state index is 11.7. The summed E-state index contributed by atoms with van der Waals surface area (Å²) in [6.45, 7) is 3.99. The number of hydrogen-bond donors (Lipinski definition) is 2. The number of carbonyl (C=O) groups is 1. The smallest absolute Gasteiger partial charge is 0.222 e. The number of carbonyl (C=O) groups excluding carboxylic acids is 1. The molecule has 2 rings (SSSR count). The molecule has 8 heteroatoms. The average molecular weight is 447 g/mol. The summed E-state index contributed by atoms with van der Waals surface area (Å²) in [5.74, 6) is 1.53. The lowest BCUT2D eigenvalue weighted by atomic mass is 10.2. The summed E-state index contributed by atoms with van der Waals surface area (Å²) < 4.78 is 5.24. The van der Waals surface area contributed by atoms with Crippen LogP contribution in [0.2, 0.25) is 0 Å². The minimum atomic E-state index is 0. The Kier molecular flexibility index (Phi) is 8.80. The average Bonchev–Trinajstić information content (AvgIpc) is 3.06. The summed E-state index contributed by atoms with van der Waals surface area (Å²) in [5, 5.41) is 6.63. The van der Waals surface area contributed by atoms with Gasteiger partial charge in [0.2, 0.25) is 11.8 Å². The van der Waals surface area contributed by atoms with Crippen LogP contribution in [0, 0.1) is 0 Å². The molecule has 0 aliphatic carbocycles. The lowest BCUT2D eigenvalue weighted by molar-refractivity contribution is -0.129. The van der Waals surface area contributed by atoms with Gasteiger partial charge in [-0.1, -0.05) is 13.0 Å². The number of likely N-dealkylation sites (tertiary alicyclic amines) is 1. The molecule has 2 heterocycles. The van der Waals surface area contributed by atoms with Crippen LogP contribution in [-0.2, 0) is 11.3 Å². The van der Waals surface area contributed by atoms with E-state index in [1.165, 1.54) is 0 Å². The highest BCUT2D eigenvalue weighted by atomic mass is 127. The van der Waals surface area contributed by atoms with Gasteiger partial charge in [-0.25, -0.2) is 4.98 Å². The van der Waals surface area contributed by atoms with Crippen molar-refractivity contribution in [3.63, 3.8) is 0 Å². The van der Waals surface area contributed by atoms with Crippen LogP contribution in [0.4, 0.5) is 0 Å². The molecule has 1 aromatic rings. The second kappa shape index (κ2) is 10.3. The maximum Gasteiger partial charge on any atom is 0.222 e. The first kappa shape index (κ1) is 20.5. The zero-order chi connectivity index (χ0) is 16.7. The number of guanidine groups is 1. The van der Waals surface area contributed by atoms with E-state index in [-0.39, 0.29) is 35.9 Å². The first-order valence-electron chi connectivity index (χ1n) is 7.90. The van der Waals surface area contributed by atoms with Crippen molar-refractivity contribution in [2.45, 2.75) is 32.4 Å². The molecule has 1 aliphatic heterocycles. The fourth-order valence-electron chi connectivity index (χ4n) is 2.64. The second-order valence-corrected chi connectivity index (χ2v) is 5.42. The minimum absolute atomic E-state index is 0. The van der Waals surface area contributed by atoms with Crippen molar-refractivity contribution >= 4 is 35.8 Å². The van der Waals surface area contributed by atoms with Crippen LogP contribution in [0.15, 0.2) is 23.3 Å². The number of hydrogen-bond acceptors (Lipinski definition) is 4. The van der Waals surface area contributed by atoms with Crippen molar-refractivity contribution < 1.29 is 9.53 Å². The van der Waals surface area contributed by atoms with Crippen LogP contribution >= 0.6 is 24.0 Å². The third-order valence-electron chi connectivity index (χ3n) is 3.90. The second-order valence-electron chi connectivity index (χ2n) is 5.42. The number of amides is 1. The van der Waals surface area contributed by atoms with E-state index in [4.69, 9.17) is 4.74 Å². The van der Waals surface area contributed by atoms with Gasteiger partial charge in [-0.2, -0.15) is 0 Å². The Bertz CT molecular complexity index is 567. The lowest BCUT2D eigenvalue weighted by Gasteiger charge is -2.19. The molecule has 24 heavy (non-hydrogen) atoms. The summed E-state index contributed by atoms with van der Waals surface area (Å²) in [4.78, 5) is 22.0. The number of nitrogens with zero attached hydrogens (tertiary/aromatic N) is 3. The fourth-order valence-corrected chi connectivity index (χ4v) is 2.64. The van der Waals surface area contributed by atoms with Gasteiger partial charge in [-0.3, -0.25) is 9.79 Å². The molecule has 1 fully saturated rings. The van der Waals surface area contributed by atoms with E-state index in [9.17, 15) is 4.79 Å². The van der Waals surface area contributed by atoms with Crippen LogP contribution in [0.5, 0.6) is 5.88 Å². The molecular formula is C16H26IN5O2. The summed E-state index contributed by atoms with van der Waals surface area (Å²) in [6, 6.07) is 4.07. The van der Waals surface area contributed by atoms with E-state index in [1.807, 2.05) is 24.0 Å². The number of halogens is 1. The molecule has 0 aromatic carbocycles. The molecule has 2 N–H and O–H groups in total. The molecule has 1 amide bonds. The Labute approximate surface area is 160 Å². The predicted molar refractivity (Wildman–Crippen MR) is 105 cm³/mol. The Balaban J connectivity index is 0.00000288. The van der Waals surface area contributed by atoms with E-state index in [1.54, 1.807) is 20.4 Å². The lowest BCUT2D eigenvalue weighted by Crippen LogP contribution is -2.44. The Morgan fingerprint density at radius 3 is 3.00 bits per heavy atom. The van der Waals surface area contributed by atoms with Crippen LogP contribution < -0.4 is 15.4 Å². The summed E-state index contributed by atoms with van der Waals surface area (Å²) in [7, 11) is 3.34. The van der Waals surface area contributed by atoms with E-state index >= 15 is 0 Å². The van der Waals surface area contributed by atoms with Gasteiger partial charge in [0.15, 0.2) is 5.96 Å². The van der Waals surface area contributed by atoms with E-state index in [0.29, 0.717) is 24.8 Å². The number of aliphatic imine (C=N–C) groups is 1. The molecule has 7 nitrogen and oxygen atoms in total. The minimum Gasteiger partial charge on any atom is -0.481 e. The molecule has 0 spiro atoms. The SMILES string of the molecule is CCC(=O)N1CCC(NC(=NC)NCc2cccnc2OC)C1.I. The van der Waals surface area contributed by atoms with Gasteiger partial charge in [-0.05, 0) is 12.5 Å². The van der Waals surface area contributed by atoms with Crippen LogP contribution in [-0.4, -0.2) is 55.0 Å². The largest absolute Gasteiger partial charge is 0.481 e. The molecule has 1 atom stereocenters. The van der Waals surface area contributed by atoms with Gasteiger partial charge in [0.25, 0.3) is 0 Å². The third-order valence-corrected chi connectivity index (χ3v) is 3.90. The maximum atomic E-state index is 11.7. The van der Waals surface area contributed by atoms with Crippen molar-refractivity contribution in [3.05, 3.63) is 23.9 Å². The standard InChI is InChI=1S/C16H25N5O2.HI/c1-4-14(22)21-9-7-13(11-21)20-16(17-2)19-10-12-6-5-8-18-15(12)23-3;/h5-6,8,13H,4,7,9-11H2,1-3H3,(H2,17,19,20);1H. The summed E-state index contributed by atoms with van der Waals surface area (Å²) >= 11 is 0. The molecule has 1 saturated heterocycles. The highest BCUT2D eigenvalue weighted by Crippen LogP contribution is 2.13. The molecule has 134 valence electrons. The first-order valence-corrected chi connectivity index (χ1v) is 7.90. The molecule has 0 radical (unpaired) electrons. The van der Waals surface area contributed by atoms with Gasteiger partial charge in [-0.15, -0.1) is 24.0 Å². The number of aromatic nitrogens is 1. The number of ether oxygens (including phenoxy) is 1. The molecular weight excluding hydrogens is 421 g/mol. The third kappa shape index (κ3) is 5.50. The van der Waals surface area contributed by atoms with Crippen molar-refractivity contribution in [2.24, 2.45) is 4.99 Å². The van der Waals surface area contributed by atoms with Gasteiger partial charge in [0, 0.05) is 50.9 Å². The van der Waals surface area contributed by atoms with Crippen molar-refractivity contribution in [3.8, 4) is 5.88 Å². The quantitative estimate of drug-likeness (QED) is 0.405. The fraction of sp³-hybridized carbons (Fsp3) is 0.562. The Morgan fingerprint density at radius 2 is 2.33 bits per heavy atom. The zero-order valence-corrected chi connectivity index (χ0v) is 16.7. The number of pyridine rings is 1. The van der Waals surface area contributed by atoms with Gasteiger partial charge in [0.1, 0.15) is 0 Å². The first-order chi connectivity index (χ1) is 11.2. The monoisotopic (exact) mass is 447 g/mol. The van der Waals surface area contributed by atoms with Crippen LogP contribution in [0.25, 0.3) is 0 Å². The molecule has 0 bridgehead atoms. The van der Waals surface area contributed by atoms with Crippen molar-refractivity contribution in [1.82, 2.24) is 20.5 Å². The van der Waals surface area contributed by atoms with Crippen LogP contribution in [0.1, 0.15) is 25.3 Å². The van der Waals surface area contributed by atoms with Gasteiger partial charge in [0.05, 0.1) is 7.11 Å². The zero-order valence-electron chi connectivity index (χ0n) is 14.4. The molecule has 0 saturated carbocycles. The Morgan fingerprint density at radius 1 is 1.54 bits per heavy atom. The van der Waals surface area contributed by atoms with Gasteiger partial charge >= 0.3 is 0 Å². The number of methoxy groups -OCH3 is 1. The highest BCUT2D eigenvalue weighted by Gasteiger charge is 2.25. The molecule has 1 unspecified atom stereocenters. The van der Waals surface area contributed by atoms with Crippen LogP contribution in [0.3, 0.4) is 0 Å². The van der Waals surface area contributed by atoms with E-state index < -0.39 is 0 Å². The number of nitrogens with one attached hydrogen (secondary N) is 2. The predicted octanol–water partition coefficient (Wildman–Crippen LogP) is 1.38. The normalized spacial score (nSPS) is 17.2. The topological polar surface area (TPSA) is 78.9 Å². The summed E-state index contributed by atoms with van der Waals surface area (Å²) in [6.07, 6.45) is 3.19. The Hall–Kier alpha value is -1.58. The summed E-state index contributed by atoms with van der Waals surface area (Å²) in [5.41, 5.74) is 0.965.